The first-order chi connectivity index (χ1) is 8.38. The number of rotatable bonds is 2. The molecule has 0 aliphatic heterocycles. The second-order valence-electron chi connectivity index (χ2n) is 3.60. The third-order valence-electron chi connectivity index (χ3n) is 2.35. The Bertz CT molecular complexity index is 566. The van der Waals surface area contributed by atoms with Gasteiger partial charge in [-0.25, -0.2) is 0 Å². The molecule has 0 unspecified atom stereocenters. The van der Waals surface area contributed by atoms with Crippen molar-refractivity contribution in [3.05, 3.63) is 51.2 Å². The van der Waals surface area contributed by atoms with Crippen LogP contribution in [0.4, 0.5) is 13.2 Å². The van der Waals surface area contributed by atoms with Crippen molar-refractivity contribution in [2.45, 2.75) is 12.7 Å². The van der Waals surface area contributed by atoms with Gasteiger partial charge in [0.25, 0.3) is 0 Å². The summed E-state index contributed by atoms with van der Waals surface area (Å²) in [6, 6.07) is 5.38. The van der Waals surface area contributed by atoms with Crippen molar-refractivity contribution < 1.29 is 13.2 Å². The highest BCUT2D eigenvalue weighted by atomic mass is 79.9. The molecule has 1 aromatic heterocycles. The van der Waals surface area contributed by atoms with Crippen molar-refractivity contribution >= 4 is 27.5 Å². The van der Waals surface area contributed by atoms with Crippen molar-refractivity contribution in [3.8, 4) is 0 Å². The van der Waals surface area contributed by atoms with E-state index in [-0.39, 0.29) is 17.1 Å². The van der Waals surface area contributed by atoms with Gasteiger partial charge in [0, 0.05) is 16.8 Å². The monoisotopic (exact) mass is 338 g/mol. The third-order valence-corrected chi connectivity index (χ3v) is 3.13. The Labute approximate surface area is 114 Å². The molecule has 1 heterocycles. The molecule has 0 atom stereocenters. The first-order valence-electron chi connectivity index (χ1n) is 4.91. The number of alkyl halides is 3. The summed E-state index contributed by atoms with van der Waals surface area (Å²) in [6.07, 6.45) is -2.85. The summed E-state index contributed by atoms with van der Waals surface area (Å²) in [4.78, 5) is 0. The van der Waals surface area contributed by atoms with Crippen LogP contribution in [0.3, 0.4) is 0 Å². The Morgan fingerprint density at radius 1 is 1.28 bits per heavy atom. The zero-order valence-electron chi connectivity index (χ0n) is 8.88. The van der Waals surface area contributed by atoms with Crippen LogP contribution in [-0.2, 0) is 12.7 Å². The van der Waals surface area contributed by atoms with Gasteiger partial charge in [0.15, 0.2) is 0 Å². The Morgan fingerprint density at radius 3 is 2.56 bits per heavy atom. The average molecular weight is 340 g/mol. The molecule has 2 nitrogen and oxygen atoms in total. The van der Waals surface area contributed by atoms with E-state index in [0.717, 1.165) is 6.07 Å². The SMILES string of the molecule is FC(F)(F)c1cccc(Cl)c1Cn1ccc(Br)n1. The summed E-state index contributed by atoms with van der Waals surface area (Å²) in [5, 5.41) is 4.06. The number of hydrogen-bond donors (Lipinski definition) is 0. The van der Waals surface area contributed by atoms with E-state index in [1.165, 1.54) is 16.8 Å². The number of benzene rings is 1. The highest BCUT2D eigenvalue weighted by Gasteiger charge is 2.34. The van der Waals surface area contributed by atoms with Gasteiger partial charge in [0.1, 0.15) is 4.60 Å². The van der Waals surface area contributed by atoms with Crippen LogP contribution in [0.5, 0.6) is 0 Å². The first kappa shape index (κ1) is 13.4. The van der Waals surface area contributed by atoms with E-state index >= 15 is 0 Å². The van der Waals surface area contributed by atoms with E-state index < -0.39 is 11.7 Å². The highest BCUT2D eigenvalue weighted by Crippen LogP contribution is 2.35. The lowest BCUT2D eigenvalue weighted by atomic mass is 10.1. The van der Waals surface area contributed by atoms with Crippen LogP contribution in [0.15, 0.2) is 35.1 Å². The van der Waals surface area contributed by atoms with Crippen molar-refractivity contribution in [1.29, 1.82) is 0 Å². The minimum atomic E-state index is -4.43. The summed E-state index contributed by atoms with van der Waals surface area (Å²) in [6.45, 7) is -0.0277. The van der Waals surface area contributed by atoms with Gasteiger partial charge in [-0.2, -0.15) is 18.3 Å². The fraction of sp³-hybridized carbons (Fsp3) is 0.182. The van der Waals surface area contributed by atoms with E-state index in [0.29, 0.717) is 4.60 Å². The maximum Gasteiger partial charge on any atom is 0.416 e. The molecule has 2 aromatic rings. The second-order valence-corrected chi connectivity index (χ2v) is 4.82. The van der Waals surface area contributed by atoms with E-state index in [2.05, 4.69) is 21.0 Å². The fourth-order valence-electron chi connectivity index (χ4n) is 1.57. The van der Waals surface area contributed by atoms with Crippen LogP contribution in [-0.4, -0.2) is 9.78 Å². The first-order valence-corrected chi connectivity index (χ1v) is 6.08. The Morgan fingerprint density at radius 2 is 2.00 bits per heavy atom. The van der Waals surface area contributed by atoms with E-state index in [1.54, 1.807) is 12.3 Å². The number of aromatic nitrogens is 2. The minimum absolute atomic E-state index is 0.0160. The predicted molar refractivity (Wildman–Crippen MR) is 65.5 cm³/mol. The zero-order valence-corrected chi connectivity index (χ0v) is 11.2. The molecule has 7 heteroatoms. The van der Waals surface area contributed by atoms with Gasteiger partial charge >= 0.3 is 6.18 Å². The van der Waals surface area contributed by atoms with Crippen LogP contribution >= 0.6 is 27.5 Å². The van der Waals surface area contributed by atoms with Gasteiger partial charge in [-0.3, -0.25) is 4.68 Å². The van der Waals surface area contributed by atoms with Gasteiger partial charge in [-0.15, -0.1) is 0 Å². The Kier molecular flexibility index (Phi) is 3.68. The molecular weight excluding hydrogens is 332 g/mol. The molecule has 0 aliphatic rings. The standard InChI is InChI=1S/C11H7BrClF3N2/c12-10-4-5-18(17-10)6-7-8(11(14,15)16)2-1-3-9(7)13/h1-5H,6H2. The molecule has 96 valence electrons. The van der Waals surface area contributed by atoms with Gasteiger partial charge in [-0.05, 0) is 34.1 Å². The lowest BCUT2D eigenvalue weighted by Gasteiger charge is -2.14. The van der Waals surface area contributed by atoms with Gasteiger partial charge in [0.2, 0.25) is 0 Å². The van der Waals surface area contributed by atoms with Crippen molar-refractivity contribution in [1.82, 2.24) is 9.78 Å². The number of halogens is 5. The molecule has 0 fully saturated rings. The van der Waals surface area contributed by atoms with E-state index in [4.69, 9.17) is 11.6 Å². The van der Waals surface area contributed by atoms with E-state index in [1.807, 2.05) is 0 Å². The van der Waals surface area contributed by atoms with Crippen molar-refractivity contribution in [2.24, 2.45) is 0 Å². The van der Waals surface area contributed by atoms with Crippen molar-refractivity contribution in [3.63, 3.8) is 0 Å². The minimum Gasteiger partial charge on any atom is -0.267 e. The topological polar surface area (TPSA) is 17.8 Å². The maximum atomic E-state index is 12.8. The smallest absolute Gasteiger partial charge is 0.267 e. The average Bonchev–Trinajstić information content (AvgIpc) is 2.65. The Balaban J connectivity index is 2.43. The van der Waals surface area contributed by atoms with Crippen LogP contribution in [0.1, 0.15) is 11.1 Å². The lowest BCUT2D eigenvalue weighted by Crippen LogP contribution is -2.12. The summed E-state index contributed by atoms with van der Waals surface area (Å²) >= 11 is 8.97. The quantitative estimate of drug-likeness (QED) is 0.794. The second kappa shape index (κ2) is 4.93. The summed E-state index contributed by atoms with van der Waals surface area (Å²) in [5.74, 6) is 0. The van der Waals surface area contributed by atoms with E-state index in [9.17, 15) is 13.2 Å². The molecular formula is C11H7BrClF3N2. The number of nitrogens with zero attached hydrogens (tertiary/aromatic N) is 2. The zero-order chi connectivity index (χ0) is 13.3. The van der Waals surface area contributed by atoms with Crippen molar-refractivity contribution in [2.75, 3.05) is 0 Å². The molecule has 0 radical (unpaired) electrons. The van der Waals surface area contributed by atoms with Gasteiger partial charge < -0.3 is 0 Å². The molecule has 0 saturated heterocycles. The normalized spacial score (nSPS) is 11.8. The van der Waals surface area contributed by atoms with Crippen LogP contribution in [0, 0.1) is 0 Å². The fourth-order valence-corrected chi connectivity index (χ4v) is 2.13. The number of hydrogen-bond acceptors (Lipinski definition) is 1. The molecule has 2 rings (SSSR count). The molecule has 0 amide bonds. The summed E-state index contributed by atoms with van der Waals surface area (Å²) in [5.41, 5.74) is -0.719. The molecule has 0 saturated carbocycles. The molecule has 18 heavy (non-hydrogen) atoms. The van der Waals surface area contributed by atoms with Crippen LogP contribution in [0.2, 0.25) is 5.02 Å². The summed E-state index contributed by atoms with van der Waals surface area (Å²) < 4.78 is 40.5. The third kappa shape index (κ3) is 2.87. The molecule has 0 aliphatic carbocycles. The highest BCUT2D eigenvalue weighted by molar-refractivity contribution is 9.10. The summed E-state index contributed by atoms with van der Waals surface area (Å²) in [7, 11) is 0. The van der Waals surface area contributed by atoms with Crippen LogP contribution in [0.25, 0.3) is 0 Å². The molecule has 0 bridgehead atoms. The predicted octanol–water partition coefficient (Wildman–Crippen LogP) is 4.37. The largest absolute Gasteiger partial charge is 0.416 e. The van der Waals surface area contributed by atoms with Gasteiger partial charge in [-0.1, -0.05) is 17.7 Å². The maximum absolute atomic E-state index is 12.8. The van der Waals surface area contributed by atoms with Crippen LogP contribution < -0.4 is 0 Å². The molecule has 1 aromatic carbocycles. The molecule has 0 spiro atoms. The lowest BCUT2D eigenvalue weighted by molar-refractivity contribution is -0.138. The molecule has 0 N–H and O–H groups in total. The van der Waals surface area contributed by atoms with Gasteiger partial charge in [0.05, 0.1) is 12.1 Å². The Hall–Kier alpha value is -1.01.